The first-order valence-corrected chi connectivity index (χ1v) is 11.0. The first-order valence-electron chi connectivity index (χ1n) is 10.1. The molecule has 1 aliphatic rings. The molecule has 1 heterocycles. The van der Waals surface area contributed by atoms with Gasteiger partial charge in [0, 0.05) is 7.11 Å². The maximum Gasteiger partial charge on any atom is 0.241 e. The van der Waals surface area contributed by atoms with Gasteiger partial charge in [-0.2, -0.15) is 0 Å². The van der Waals surface area contributed by atoms with Crippen molar-refractivity contribution in [1.82, 2.24) is 10.6 Å². The molecule has 6 heteroatoms. The summed E-state index contributed by atoms with van der Waals surface area (Å²) in [6.07, 6.45) is 0.741. The Balaban J connectivity index is 1.83. The third kappa shape index (κ3) is 4.14. The molecule has 0 aromatic heterocycles. The number of aldehydes is 1. The highest BCUT2D eigenvalue weighted by atomic mass is 32.2. The van der Waals surface area contributed by atoms with Gasteiger partial charge in [0.25, 0.3) is 0 Å². The number of carbonyl (C=O) groups is 2. The number of carbonyl (C=O) groups excluding carboxylic acids is 2. The van der Waals surface area contributed by atoms with E-state index in [2.05, 4.69) is 47.0 Å². The standard InChI is InChI=1S/C25H24N2O3S/c1-30-21(17-28)31-24-22(23(29)26-24)27-25(18-11-5-2-6-12-18,19-13-7-3-8-14-19)20-15-9-4-10-16-20/h2-17,21-22,24,27H,1H3,(H,26,29)/t21?,22-,24-/m1/s1. The van der Waals surface area contributed by atoms with E-state index in [9.17, 15) is 9.59 Å². The fourth-order valence-electron chi connectivity index (χ4n) is 3.94. The minimum absolute atomic E-state index is 0.106. The lowest BCUT2D eigenvalue weighted by atomic mass is 9.76. The maximum atomic E-state index is 12.7. The van der Waals surface area contributed by atoms with Crippen LogP contribution in [0.4, 0.5) is 0 Å². The van der Waals surface area contributed by atoms with Gasteiger partial charge in [-0.3, -0.25) is 14.9 Å². The quantitative estimate of drug-likeness (QED) is 0.235. The number of hydrogen-bond donors (Lipinski definition) is 2. The number of benzene rings is 3. The Labute approximate surface area is 186 Å². The average Bonchev–Trinajstić information content (AvgIpc) is 2.84. The molecule has 3 aromatic carbocycles. The van der Waals surface area contributed by atoms with Crippen molar-refractivity contribution in [1.29, 1.82) is 0 Å². The van der Waals surface area contributed by atoms with Crippen LogP contribution in [0, 0.1) is 0 Å². The Morgan fingerprint density at radius 2 is 1.35 bits per heavy atom. The minimum atomic E-state index is -0.755. The zero-order valence-electron chi connectivity index (χ0n) is 17.1. The van der Waals surface area contributed by atoms with Crippen LogP contribution in [0.3, 0.4) is 0 Å². The van der Waals surface area contributed by atoms with Crippen LogP contribution in [0.1, 0.15) is 16.7 Å². The molecule has 2 N–H and O–H groups in total. The zero-order chi connectivity index (χ0) is 21.7. The lowest BCUT2D eigenvalue weighted by Gasteiger charge is -2.46. The molecule has 0 radical (unpaired) electrons. The fraction of sp³-hybridized carbons (Fsp3) is 0.200. The average molecular weight is 433 g/mol. The van der Waals surface area contributed by atoms with Crippen molar-refractivity contribution in [3.05, 3.63) is 108 Å². The highest BCUT2D eigenvalue weighted by molar-refractivity contribution is 8.01. The van der Waals surface area contributed by atoms with E-state index in [0.717, 1.165) is 23.0 Å². The second-order valence-electron chi connectivity index (χ2n) is 7.28. The van der Waals surface area contributed by atoms with Gasteiger partial charge < -0.3 is 10.1 Å². The molecule has 158 valence electrons. The Kier molecular flexibility index (Phi) is 6.51. The summed E-state index contributed by atoms with van der Waals surface area (Å²) in [5, 5.41) is 6.26. The van der Waals surface area contributed by atoms with E-state index >= 15 is 0 Å². The van der Waals surface area contributed by atoms with E-state index in [4.69, 9.17) is 4.74 Å². The summed E-state index contributed by atoms with van der Waals surface area (Å²) < 4.78 is 5.19. The van der Waals surface area contributed by atoms with Crippen LogP contribution >= 0.6 is 11.8 Å². The highest BCUT2D eigenvalue weighted by Gasteiger charge is 2.48. The van der Waals surface area contributed by atoms with E-state index in [0.29, 0.717) is 0 Å². The lowest BCUT2D eigenvalue weighted by molar-refractivity contribution is -0.130. The summed E-state index contributed by atoms with van der Waals surface area (Å²) in [5.41, 5.74) is 1.67. The van der Waals surface area contributed by atoms with Crippen molar-refractivity contribution < 1.29 is 14.3 Å². The normalized spacial score (nSPS) is 19.2. The van der Waals surface area contributed by atoms with Crippen molar-refractivity contribution >= 4 is 24.0 Å². The molecule has 31 heavy (non-hydrogen) atoms. The summed E-state index contributed by atoms with van der Waals surface area (Å²) >= 11 is 1.28. The van der Waals surface area contributed by atoms with Crippen LogP contribution in [0.2, 0.25) is 0 Å². The van der Waals surface area contributed by atoms with E-state index < -0.39 is 17.0 Å². The lowest BCUT2D eigenvalue weighted by Crippen LogP contribution is -2.70. The van der Waals surface area contributed by atoms with Crippen LogP contribution in [-0.2, 0) is 19.9 Å². The molecule has 0 aliphatic carbocycles. The van der Waals surface area contributed by atoms with E-state index in [1.807, 2.05) is 54.6 Å². The molecule has 3 aromatic rings. The molecule has 0 bridgehead atoms. The van der Waals surface area contributed by atoms with Crippen LogP contribution in [0.15, 0.2) is 91.0 Å². The third-order valence-electron chi connectivity index (χ3n) is 5.49. The Hall–Kier alpha value is -2.93. The number of rotatable bonds is 9. The molecule has 1 amide bonds. The molecular weight excluding hydrogens is 408 g/mol. The van der Waals surface area contributed by atoms with Gasteiger partial charge in [-0.25, -0.2) is 0 Å². The van der Waals surface area contributed by atoms with Gasteiger partial charge >= 0.3 is 0 Å². The first-order chi connectivity index (χ1) is 15.2. The zero-order valence-corrected chi connectivity index (χ0v) is 17.9. The number of ether oxygens (including phenoxy) is 1. The van der Waals surface area contributed by atoms with E-state index in [1.165, 1.54) is 18.9 Å². The molecule has 0 saturated carbocycles. The van der Waals surface area contributed by atoms with Crippen molar-refractivity contribution in [3.8, 4) is 0 Å². The van der Waals surface area contributed by atoms with E-state index in [1.54, 1.807) is 0 Å². The molecule has 1 saturated heterocycles. The van der Waals surface area contributed by atoms with Crippen LogP contribution in [-0.4, -0.2) is 36.2 Å². The number of nitrogens with one attached hydrogen (secondary N) is 2. The first kappa shape index (κ1) is 21.3. The van der Waals surface area contributed by atoms with Crippen molar-refractivity contribution in [2.24, 2.45) is 0 Å². The Morgan fingerprint density at radius 3 is 1.71 bits per heavy atom. The smallest absolute Gasteiger partial charge is 0.241 e. The number of hydrogen-bond acceptors (Lipinski definition) is 5. The molecule has 1 unspecified atom stereocenters. The molecule has 4 rings (SSSR count). The number of amides is 1. The topological polar surface area (TPSA) is 67.4 Å². The van der Waals surface area contributed by atoms with Crippen LogP contribution in [0.25, 0.3) is 0 Å². The predicted octanol–water partition coefficient (Wildman–Crippen LogP) is 3.30. The molecule has 1 aliphatic heterocycles. The Morgan fingerprint density at radius 1 is 0.903 bits per heavy atom. The summed E-state index contributed by atoms with van der Waals surface area (Å²) in [6.45, 7) is 0. The second kappa shape index (κ2) is 9.47. The largest absolute Gasteiger partial charge is 0.363 e. The van der Waals surface area contributed by atoms with Gasteiger partial charge in [-0.05, 0) is 16.7 Å². The Bertz CT molecular complexity index is 918. The van der Waals surface area contributed by atoms with Crippen molar-refractivity contribution in [2.45, 2.75) is 22.4 Å². The summed E-state index contributed by atoms with van der Waals surface area (Å²) in [4.78, 5) is 23.9. The highest BCUT2D eigenvalue weighted by Crippen LogP contribution is 2.39. The van der Waals surface area contributed by atoms with Crippen molar-refractivity contribution in [3.63, 3.8) is 0 Å². The monoisotopic (exact) mass is 432 g/mol. The number of methoxy groups -OCH3 is 1. The maximum absolute atomic E-state index is 12.7. The molecular formula is C25H24N2O3S. The fourth-order valence-corrected chi connectivity index (χ4v) is 4.94. The van der Waals surface area contributed by atoms with Gasteiger partial charge in [0.15, 0.2) is 11.7 Å². The summed E-state index contributed by atoms with van der Waals surface area (Å²) in [5.74, 6) is -0.106. The number of thioether (sulfide) groups is 1. The third-order valence-corrected chi connectivity index (χ3v) is 6.74. The van der Waals surface area contributed by atoms with Gasteiger partial charge in [-0.15, -0.1) is 0 Å². The molecule has 5 nitrogen and oxygen atoms in total. The second-order valence-corrected chi connectivity index (χ2v) is 8.52. The molecule has 3 atom stereocenters. The predicted molar refractivity (Wildman–Crippen MR) is 123 cm³/mol. The minimum Gasteiger partial charge on any atom is -0.363 e. The summed E-state index contributed by atoms with van der Waals surface area (Å²) in [6, 6.07) is 29.8. The van der Waals surface area contributed by atoms with Gasteiger partial charge in [0.1, 0.15) is 11.4 Å². The van der Waals surface area contributed by atoms with Crippen LogP contribution < -0.4 is 10.6 Å². The van der Waals surface area contributed by atoms with Gasteiger partial charge in [0.2, 0.25) is 5.91 Å². The van der Waals surface area contributed by atoms with Gasteiger partial charge in [0.05, 0.1) is 5.54 Å². The van der Waals surface area contributed by atoms with Crippen LogP contribution in [0.5, 0.6) is 0 Å². The van der Waals surface area contributed by atoms with E-state index in [-0.39, 0.29) is 11.3 Å². The molecule has 0 spiro atoms. The number of β-lactam (4-membered cyclic amide) rings is 1. The molecule has 1 fully saturated rings. The van der Waals surface area contributed by atoms with Crippen molar-refractivity contribution in [2.75, 3.05) is 7.11 Å². The SMILES string of the molecule is COC(C=O)S[C@H]1NC(=O)[C@H]1NC(c1ccccc1)(c1ccccc1)c1ccccc1. The van der Waals surface area contributed by atoms with Gasteiger partial charge in [-0.1, -0.05) is 103 Å². The summed E-state index contributed by atoms with van der Waals surface area (Å²) in [7, 11) is 1.48.